The van der Waals surface area contributed by atoms with Gasteiger partial charge < -0.3 is 10.2 Å². The second-order valence-electron chi connectivity index (χ2n) is 6.98. The zero-order chi connectivity index (χ0) is 19.0. The quantitative estimate of drug-likeness (QED) is 0.792. The Balaban J connectivity index is 1.79. The predicted molar refractivity (Wildman–Crippen MR) is 109 cm³/mol. The van der Waals surface area contributed by atoms with Gasteiger partial charge in [0.1, 0.15) is 0 Å². The Morgan fingerprint density at radius 2 is 1.73 bits per heavy atom. The third-order valence-corrected chi connectivity index (χ3v) is 6.04. The number of hydrogen-bond donors (Lipinski definition) is 1. The molecule has 4 nitrogen and oxygen atoms in total. The van der Waals surface area contributed by atoms with Crippen LogP contribution in [0.1, 0.15) is 28.7 Å². The summed E-state index contributed by atoms with van der Waals surface area (Å²) in [6, 6.07) is 9.80. The summed E-state index contributed by atoms with van der Waals surface area (Å²) in [7, 11) is 0. The van der Waals surface area contributed by atoms with Crippen LogP contribution >= 0.6 is 15.9 Å². The van der Waals surface area contributed by atoms with E-state index in [4.69, 9.17) is 0 Å². The minimum Gasteiger partial charge on any atom is -0.326 e. The maximum atomic E-state index is 12.8. The van der Waals surface area contributed by atoms with Gasteiger partial charge in [-0.2, -0.15) is 0 Å². The molecule has 1 heterocycles. The normalized spacial score (nSPS) is 16.9. The molecule has 0 bridgehead atoms. The number of halogens is 1. The Bertz CT molecular complexity index is 872. The van der Waals surface area contributed by atoms with Crippen LogP contribution in [0.4, 0.5) is 11.4 Å². The van der Waals surface area contributed by atoms with Crippen LogP contribution in [0, 0.1) is 33.6 Å². The van der Waals surface area contributed by atoms with E-state index in [0.29, 0.717) is 6.54 Å². The fraction of sp³-hybridized carbons (Fsp3) is 0.333. The van der Waals surface area contributed by atoms with Gasteiger partial charge in [-0.1, -0.05) is 34.1 Å². The third-order valence-electron chi connectivity index (χ3n) is 5.18. The summed E-state index contributed by atoms with van der Waals surface area (Å²) in [5.74, 6) is -0.437. The van der Waals surface area contributed by atoms with E-state index in [0.717, 1.165) is 38.1 Å². The first kappa shape index (κ1) is 18.6. The number of para-hydroxylation sites is 1. The summed E-state index contributed by atoms with van der Waals surface area (Å²) in [6.45, 7) is 8.41. The molecule has 1 N–H and O–H groups in total. The molecule has 1 atom stereocenters. The molecular formula is C21H23BrN2O2. The van der Waals surface area contributed by atoms with E-state index in [9.17, 15) is 9.59 Å². The van der Waals surface area contributed by atoms with Crippen LogP contribution in [0.2, 0.25) is 0 Å². The SMILES string of the molecule is Cc1cccc(C)c1N1C[C@@H](C(=O)Nc2ccc(Br)c(C)c2C)CC1=O. The van der Waals surface area contributed by atoms with E-state index in [-0.39, 0.29) is 24.2 Å². The van der Waals surface area contributed by atoms with Gasteiger partial charge in [0.25, 0.3) is 0 Å². The topological polar surface area (TPSA) is 49.4 Å². The summed E-state index contributed by atoms with van der Waals surface area (Å²) < 4.78 is 1.02. The van der Waals surface area contributed by atoms with Gasteiger partial charge in [-0.25, -0.2) is 0 Å². The van der Waals surface area contributed by atoms with Crippen molar-refractivity contribution in [3.63, 3.8) is 0 Å². The van der Waals surface area contributed by atoms with Crippen LogP contribution < -0.4 is 10.2 Å². The summed E-state index contributed by atoms with van der Waals surface area (Å²) in [5, 5.41) is 3.00. The highest BCUT2D eigenvalue weighted by Gasteiger charge is 2.36. The lowest BCUT2D eigenvalue weighted by molar-refractivity contribution is -0.122. The fourth-order valence-corrected chi connectivity index (χ4v) is 3.92. The van der Waals surface area contributed by atoms with Crippen LogP contribution in [0.3, 0.4) is 0 Å². The predicted octanol–water partition coefficient (Wildman–Crippen LogP) is 4.67. The molecule has 0 radical (unpaired) electrons. The van der Waals surface area contributed by atoms with Crippen molar-refractivity contribution in [3.05, 3.63) is 57.1 Å². The second kappa shape index (κ2) is 7.23. The van der Waals surface area contributed by atoms with Gasteiger partial charge in [0.15, 0.2) is 0 Å². The van der Waals surface area contributed by atoms with Crippen molar-refractivity contribution in [1.82, 2.24) is 0 Å². The Morgan fingerprint density at radius 3 is 2.38 bits per heavy atom. The number of nitrogens with zero attached hydrogens (tertiary/aromatic N) is 1. The number of carbonyl (C=O) groups excluding carboxylic acids is 2. The van der Waals surface area contributed by atoms with Crippen LogP contribution in [0.5, 0.6) is 0 Å². The van der Waals surface area contributed by atoms with Crippen molar-refractivity contribution in [2.45, 2.75) is 34.1 Å². The number of amides is 2. The number of benzene rings is 2. The van der Waals surface area contributed by atoms with Crippen molar-refractivity contribution in [2.24, 2.45) is 5.92 Å². The molecule has 26 heavy (non-hydrogen) atoms. The molecule has 2 amide bonds. The zero-order valence-corrected chi connectivity index (χ0v) is 17.1. The number of carbonyl (C=O) groups is 2. The van der Waals surface area contributed by atoms with Gasteiger partial charge in [0.2, 0.25) is 11.8 Å². The van der Waals surface area contributed by atoms with E-state index in [2.05, 4.69) is 21.2 Å². The molecule has 3 rings (SSSR count). The highest BCUT2D eigenvalue weighted by Crippen LogP contribution is 2.32. The molecule has 0 saturated carbocycles. The summed E-state index contributed by atoms with van der Waals surface area (Å²) in [5.41, 5.74) is 5.97. The van der Waals surface area contributed by atoms with E-state index in [1.807, 2.05) is 58.0 Å². The van der Waals surface area contributed by atoms with E-state index in [1.54, 1.807) is 4.90 Å². The minimum absolute atomic E-state index is 0.00580. The number of rotatable bonds is 3. The van der Waals surface area contributed by atoms with Crippen LogP contribution in [0.25, 0.3) is 0 Å². The molecule has 0 unspecified atom stereocenters. The highest BCUT2D eigenvalue weighted by molar-refractivity contribution is 9.10. The lowest BCUT2D eigenvalue weighted by Gasteiger charge is -2.21. The van der Waals surface area contributed by atoms with Crippen molar-refractivity contribution in [3.8, 4) is 0 Å². The Labute approximate surface area is 162 Å². The molecule has 1 fully saturated rings. The highest BCUT2D eigenvalue weighted by atomic mass is 79.9. The lowest BCUT2D eigenvalue weighted by atomic mass is 10.1. The maximum absolute atomic E-state index is 12.8. The van der Waals surface area contributed by atoms with Gasteiger partial charge in [-0.05, 0) is 62.1 Å². The van der Waals surface area contributed by atoms with E-state index >= 15 is 0 Å². The number of nitrogens with one attached hydrogen (secondary N) is 1. The van der Waals surface area contributed by atoms with Crippen molar-refractivity contribution >= 4 is 39.1 Å². The molecule has 1 aliphatic rings. The minimum atomic E-state index is -0.343. The van der Waals surface area contributed by atoms with Crippen molar-refractivity contribution in [2.75, 3.05) is 16.8 Å². The second-order valence-corrected chi connectivity index (χ2v) is 7.83. The molecule has 2 aromatic carbocycles. The molecular weight excluding hydrogens is 392 g/mol. The lowest BCUT2D eigenvalue weighted by Crippen LogP contribution is -2.29. The third kappa shape index (κ3) is 3.40. The van der Waals surface area contributed by atoms with Crippen molar-refractivity contribution in [1.29, 1.82) is 0 Å². The molecule has 1 saturated heterocycles. The van der Waals surface area contributed by atoms with E-state index in [1.165, 1.54) is 0 Å². The maximum Gasteiger partial charge on any atom is 0.229 e. The summed E-state index contributed by atoms with van der Waals surface area (Å²) in [6.07, 6.45) is 0.244. The molecule has 0 spiro atoms. The molecule has 136 valence electrons. The first-order valence-electron chi connectivity index (χ1n) is 8.72. The summed E-state index contributed by atoms with van der Waals surface area (Å²) in [4.78, 5) is 27.1. The van der Waals surface area contributed by atoms with Gasteiger partial charge in [-0.3, -0.25) is 9.59 Å². The first-order valence-corrected chi connectivity index (χ1v) is 9.52. The Hall–Kier alpha value is -2.14. The van der Waals surface area contributed by atoms with Gasteiger partial charge in [-0.15, -0.1) is 0 Å². The molecule has 2 aromatic rings. The molecule has 0 aromatic heterocycles. The van der Waals surface area contributed by atoms with Crippen LogP contribution in [0.15, 0.2) is 34.8 Å². The number of aryl methyl sites for hydroxylation is 2. The fourth-order valence-electron chi connectivity index (χ4n) is 3.49. The Morgan fingerprint density at radius 1 is 1.08 bits per heavy atom. The number of anilines is 2. The molecule has 0 aliphatic carbocycles. The first-order chi connectivity index (χ1) is 12.3. The van der Waals surface area contributed by atoms with Gasteiger partial charge >= 0.3 is 0 Å². The standard InChI is InChI=1S/C21H23BrN2O2/c1-12-6-5-7-13(2)20(12)24-11-16(10-19(24)25)21(26)23-18-9-8-17(22)14(3)15(18)4/h5-9,16H,10-11H2,1-4H3,(H,23,26)/t16-/m0/s1. The number of hydrogen-bond acceptors (Lipinski definition) is 2. The van der Waals surface area contributed by atoms with E-state index < -0.39 is 0 Å². The average Bonchev–Trinajstić information content (AvgIpc) is 2.97. The smallest absolute Gasteiger partial charge is 0.229 e. The van der Waals surface area contributed by atoms with Crippen LogP contribution in [-0.2, 0) is 9.59 Å². The monoisotopic (exact) mass is 414 g/mol. The molecule has 1 aliphatic heterocycles. The largest absolute Gasteiger partial charge is 0.326 e. The Kier molecular flexibility index (Phi) is 5.19. The molecule has 5 heteroatoms. The summed E-state index contributed by atoms with van der Waals surface area (Å²) >= 11 is 3.50. The average molecular weight is 415 g/mol. The van der Waals surface area contributed by atoms with Crippen LogP contribution in [-0.4, -0.2) is 18.4 Å². The van der Waals surface area contributed by atoms with Crippen molar-refractivity contribution < 1.29 is 9.59 Å². The zero-order valence-electron chi connectivity index (χ0n) is 15.5. The van der Waals surface area contributed by atoms with Gasteiger partial charge in [0, 0.05) is 28.8 Å². The van der Waals surface area contributed by atoms with Gasteiger partial charge in [0.05, 0.1) is 5.92 Å².